The van der Waals surface area contributed by atoms with Gasteiger partial charge in [-0.15, -0.1) is 12.4 Å². The van der Waals surface area contributed by atoms with Crippen LogP contribution in [-0.4, -0.2) is 37.3 Å². The van der Waals surface area contributed by atoms with Crippen molar-refractivity contribution in [2.75, 3.05) is 13.1 Å². The minimum absolute atomic E-state index is 0. The molecule has 4 rings (SSSR count). The number of rotatable bonds is 4. The van der Waals surface area contributed by atoms with Crippen molar-refractivity contribution >= 4 is 33.1 Å². The molecule has 2 aromatic carbocycles. The summed E-state index contributed by atoms with van der Waals surface area (Å²) in [7, 11) is -3.67. The molecule has 0 aliphatic carbocycles. The predicted octanol–water partition coefficient (Wildman–Crippen LogP) is 4.89. The van der Waals surface area contributed by atoms with E-state index in [2.05, 4.69) is 4.98 Å². The molecule has 0 spiro atoms. The van der Waals surface area contributed by atoms with Gasteiger partial charge in [0.15, 0.2) is 0 Å². The SMILES string of the molecule is CC(c1cccc2cc(S(=O)(=O)c3ccccc3)cnc12)N1CCC(F)(F)C1.Cl. The van der Waals surface area contributed by atoms with Gasteiger partial charge in [0, 0.05) is 30.6 Å². The summed E-state index contributed by atoms with van der Waals surface area (Å²) in [6.45, 7) is 1.93. The highest BCUT2D eigenvalue weighted by molar-refractivity contribution is 7.91. The maximum Gasteiger partial charge on any atom is 0.261 e. The highest BCUT2D eigenvalue weighted by atomic mass is 35.5. The molecule has 1 atom stereocenters. The van der Waals surface area contributed by atoms with E-state index in [0.717, 1.165) is 5.56 Å². The van der Waals surface area contributed by atoms with Crippen LogP contribution in [0.3, 0.4) is 0 Å². The Hall–Kier alpha value is -2.09. The van der Waals surface area contributed by atoms with E-state index in [-0.39, 0.29) is 41.2 Å². The Bertz CT molecular complexity index is 1120. The molecule has 1 fully saturated rings. The van der Waals surface area contributed by atoms with Gasteiger partial charge >= 0.3 is 0 Å². The van der Waals surface area contributed by atoms with Crippen molar-refractivity contribution in [1.29, 1.82) is 0 Å². The first-order chi connectivity index (χ1) is 13.3. The fraction of sp³-hybridized carbons (Fsp3) is 0.286. The molecule has 0 N–H and O–H groups in total. The van der Waals surface area contributed by atoms with E-state index in [1.165, 1.54) is 6.20 Å². The van der Waals surface area contributed by atoms with Crippen LogP contribution in [0.4, 0.5) is 8.78 Å². The lowest BCUT2D eigenvalue weighted by molar-refractivity contribution is 0.00838. The minimum atomic E-state index is -3.67. The molecular formula is C21H21ClF2N2O2S. The Morgan fingerprint density at radius 3 is 2.45 bits per heavy atom. The zero-order valence-corrected chi connectivity index (χ0v) is 17.4. The lowest BCUT2D eigenvalue weighted by atomic mass is 10.0. The largest absolute Gasteiger partial charge is 0.290 e. The molecule has 29 heavy (non-hydrogen) atoms. The van der Waals surface area contributed by atoms with E-state index in [4.69, 9.17) is 0 Å². The molecule has 1 saturated heterocycles. The van der Waals surface area contributed by atoms with Gasteiger partial charge in [-0.3, -0.25) is 9.88 Å². The van der Waals surface area contributed by atoms with Crippen LogP contribution in [0.25, 0.3) is 10.9 Å². The number of nitrogens with zero attached hydrogens (tertiary/aromatic N) is 2. The number of benzene rings is 2. The summed E-state index contributed by atoms with van der Waals surface area (Å²) in [5, 5.41) is 0.673. The van der Waals surface area contributed by atoms with Crippen LogP contribution in [0.2, 0.25) is 0 Å². The monoisotopic (exact) mass is 438 g/mol. The molecule has 1 aliphatic rings. The molecular weight excluding hydrogens is 418 g/mol. The number of halogens is 3. The van der Waals surface area contributed by atoms with Crippen LogP contribution in [0.1, 0.15) is 24.9 Å². The maximum atomic E-state index is 13.6. The minimum Gasteiger partial charge on any atom is -0.290 e. The summed E-state index contributed by atoms with van der Waals surface area (Å²) in [6, 6.07) is 15.0. The zero-order valence-electron chi connectivity index (χ0n) is 15.8. The Balaban J connectivity index is 0.00000240. The van der Waals surface area contributed by atoms with E-state index in [9.17, 15) is 17.2 Å². The molecule has 1 aromatic heterocycles. The fourth-order valence-corrected chi connectivity index (χ4v) is 4.93. The molecule has 4 nitrogen and oxygen atoms in total. The second-order valence-electron chi connectivity index (χ2n) is 7.16. The molecule has 0 bridgehead atoms. The van der Waals surface area contributed by atoms with Gasteiger partial charge in [-0.1, -0.05) is 36.4 Å². The highest BCUT2D eigenvalue weighted by Crippen LogP contribution is 2.35. The molecule has 2 heterocycles. The van der Waals surface area contributed by atoms with E-state index in [0.29, 0.717) is 17.4 Å². The molecule has 8 heteroatoms. The number of fused-ring (bicyclic) bond motifs is 1. The van der Waals surface area contributed by atoms with Crippen LogP contribution in [0, 0.1) is 0 Å². The van der Waals surface area contributed by atoms with Crippen molar-refractivity contribution in [2.45, 2.75) is 35.1 Å². The number of sulfone groups is 1. The predicted molar refractivity (Wildman–Crippen MR) is 110 cm³/mol. The number of hydrogen-bond acceptors (Lipinski definition) is 4. The second-order valence-corrected chi connectivity index (χ2v) is 9.11. The summed E-state index contributed by atoms with van der Waals surface area (Å²) in [5.74, 6) is -2.66. The van der Waals surface area contributed by atoms with Gasteiger partial charge in [-0.25, -0.2) is 17.2 Å². The Kier molecular flexibility index (Phi) is 5.94. The number of hydrogen-bond donors (Lipinski definition) is 0. The Morgan fingerprint density at radius 1 is 1.07 bits per heavy atom. The summed E-state index contributed by atoms with van der Waals surface area (Å²) >= 11 is 0. The quantitative estimate of drug-likeness (QED) is 0.581. The molecule has 1 unspecified atom stereocenters. The van der Waals surface area contributed by atoms with Crippen molar-refractivity contribution in [3.05, 3.63) is 66.4 Å². The summed E-state index contributed by atoms with van der Waals surface area (Å²) in [5.41, 5.74) is 1.45. The standard InChI is InChI=1S/C21H20F2N2O2S.ClH/c1-15(25-11-10-21(22,23)14-25)19-9-5-6-16-12-18(13-24-20(16)19)28(26,27)17-7-3-2-4-8-17;/h2-9,12-13,15H,10-11,14H2,1H3;1H. The Morgan fingerprint density at radius 2 is 1.79 bits per heavy atom. The number of alkyl halides is 2. The summed E-state index contributed by atoms with van der Waals surface area (Å²) in [6.07, 6.45) is 1.20. The van der Waals surface area contributed by atoms with Crippen molar-refractivity contribution in [3.63, 3.8) is 0 Å². The number of pyridine rings is 1. The van der Waals surface area contributed by atoms with Gasteiger partial charge < -0.3 is 0 Å². The van der Waals surface area contributed by atoms with Crippen molar-refractivity contribution < 1.29 is 17.2 Å². The van der Waals surface area contributed by atoms with Gasteiger partial charge in [0.2, 0.25) is 9.84 Å². The topological polar surface area (TPSA) is 50.3 Å². The second kappa shape index (κ2) is 7.97. The van der Waals surface area contributed by atoms with Crippen LogP contribution >= 0.6 is 12.4 Å². The highest BCUT2D eigenvalue weighted by Gasteiger charge is 2.40. The average Bonchev–Trinajstić information content (AvgIpc) is 3.07. The van der Waals surface area contributed by atoms with E-state index in [1.807, 2.05) is 19.1 Å². The Labute approximate surface area is 174 Å². The molecule has 3 aromatic rings. The van der Waals surface area contributed by atoms with Crippen LogP contribution < -0.4 is 0 Å². The number of aromatic nitrogens is 1. The van der Waals surface area contributed by atoms with Crippen molar-refractivity contribution in [3.8, 4) is 0 Å². The lowest BCUT2D eigenvalue weighted by Gasteiger charge is -2.25. The average molecular weight is 439 g/mol. The third-order valence-electron chi connectivity index (χ3n) is 5.28. The zero-order chi connectivity index (χ0) is 19.9. The maximum absolute atomic E-state index is 13.6. The first-order valence-corrected chi connectivity index (χ1v) is 10.6. The number of para-hydroxylation sites is 1. The summed E-state index contributed by atoms with van der Waals surface area (Å²) in [4.78, 5) is 6.47. The fourth-order valence-electron chi connectivity index (χ4n) is 3.67. The molecule has 0 amide bonds. The molecule has 154 valence electrons. The van der Waals surface area contributed by atoms with Crippen molar-refractivity contribution in [2.24, 2.45) is 0 Å². The van der Waals surface area contributed by atoms with Gasteiger partial charge in [-0.05, 0) is 30.7 Å². The smallest absolute Gasteiger partial charge is 0.261 e. The number of likely N-dealkylation sites (tertiary alicyclic amines) is 1. The van der Waals surface area contributed by atoms with Gasteiger partial charge in [0.25, 0.3) is 5.92 Å². The van der Waals surface area contributed by atoms with Gasteiger partial charge in [0.1, 0.15) is 0 Å². The van der Waals surface area contributed by atoms with Crippen molar-refractivity contribution in [1.82, 2.24) is 9.88 Å². The van der Waals surface area contributed by atoms with Crippen LogP contribution in [0.15, 0.2) is 70.6 Å². The lowest BCUT2D eigenvalue weighted by Crippen LogP contribution is -2.28. The van der Waals surface area contributed by atoms with E-state index < -0.39 is 15.8 Å². The molecule has 1 aliphatic heterocycles. The van der Waals surface area contributed by atoms with Crippen LogP contribution in [-0.2, 0) is 9.84 Å². The first kappa shape index (κ1) is 21.6. The van der Waals surface area contributed by atoms with Gasteiger partial charge in [0.05, 0.1) is 21.9 Å². The normalized spacial score (nSPS) is 17.8. The molecule has 0 saturated carbocycles. The van der Waals surface area contributed by atoms with Gasteiger partial charge in [-0.2, -0.15) is 0 Å². The first-order valence-electron chi connectivity index (χ1n) is 9.09. The molecule has 0 radical (unpaired) electrons. The third-order valence-corrected chi connectivity index (χ3v) is 7.01. The van der Waals surface area contributed by atoms with E-state index >= 15 is 0 Å². The van der Waals surface area contributed by atoms with E-state index in [1.54, 1.807) is 47.4 Å². The summed E-state index contributed by atoms with van der Waals surface area (Å²) < 4.78 is 52.9. The van der Waals surface area contributed by atoms with Crippen LogP contribution in [0.5, 0.6) is 0 Å². The third kappa shape index (κ3) is 4.13.